The van der Waals surface area contributed by atoms with Crippen LogP contribution in [0.25, 0.3) is 11.0 Å². The van der Waals surface area contributed by atoms with Crippen molar-refractivity contribution in [2.45, 2.75) is 25.7 Å². The zero-order chi connectivity index (χ0) is 16.1. The number of aromatic amines is 1. The molecule has 1 aliphatic rings. The Bertz CT molecular complexity index is 735. The number of carbonyl (C=O) groups excluding carboxylic acids is 1. The summed E-state index contributed by atoms with van der Waals surface area (Å²) in [6, 6.07) is 7.38. The van der Waals surface area contributed by atoms with Crippen molar-refractivity contribution < 1.29 is 9.53 Å². The highest BCUT2D eigenvalue weighted by atomic mass is 16.5. The topological polar surface area (TPSA) is 84.1 Å². The number of hydrogen-bond acceptors (Lipinski definition) is 4. The van der Waals surface area contributed by atoms with Crippen LogP contribution < -0.4 is 10.9 Å². The number of benzene rings is 1. The highest BCUT2D eigenvalue weighted by Gasteiger charge is 2.15. The molecule has 1 saturated heterocycles. The molecule has 1 fully saturated rings. The number of ether oxygens (including phenoxy) is 1. The van der Waals surface area contributed by atoms with Gasteiger partial charge in [0.05, 0.1) is 11.0 Å². The van der Waals surface area contributed by atoms with Gasteiger partial charge in [0.1, 0.15) is 5.69 Å². The molecule has 2 heterocycles. The van der Waals surface area contributed by atoms with Gasteiger partial charge in [-0.15, -0.1) is 0 Å². The van der Waals surface area contributed by atoms with E-state index in [0.29, 0.717) is 30.1 Å². The molecule has 2 aromatic rings. The number of rotatable bonds is 5. The summed E-state index contributed by atoms with van der Waals surface area (Å²) in [5, 5.41) is 2.94. The third-order valence-electron chi connectivity index (χ3n) is 4.19. The molecule has 0 radical (unpaired) electrons. The Kier molecular flexibility index (Phi) is 5.02. The van der Waals surface area contributed by atoms with E-state index >= 15 is 0 Å². The van der Waals surface area contributed by atoms with Gasteiger partial charge >= 0.3 is 0 Å². The predicted octanol–water partition coefficient (Wildman–Crippen LogP) is 1.40. The molecule has 1 aromatic carbocycles. The summed E-state index contributed by atoms with van der Waals surface area (Å²) in [5.74, 6) is 0.459. The summed E-state index contributed by atoms with van der Waals surface area (Å²) in [5.41, 5.74) is 1.64. The maximum absolute atomic E-state index is 12.0. The molecule has 6 heteroatoms. The first-order valence-corrected chi connectivity index (χ1v) is 8.05. The van der Waals surface area contributed by atoms with Gasteiger partial charge in [0.2, 0.25) is 5.91 Å². The first-order chi connectivity index (χ1) is 11.2. The molecule has 2 N–H and O–H groups in total. The van der Waals surface area contributed by atoms with Crippen LogP contribution in [-0.2, 0) is 16.0 Å². The van der Waals surface area contributed by atoms with Crippen molar-refractivity contribution in [3.05, 3.63) is 40.3 Å². The van der Waals surface area contributed by atoms with Crippen LogP contribution in [0.2, 0.25) is 0 Å². The van der Waals surface area contributed by atoms with Gasteiger partial charge < -0.3 is 15.0 Å². The van der Waals surface area contributed by atoms with Crippen LogP contribution in [0.4, 0.5) is 0 Å². The minimum absolute atomic E-state index is 0.0362. The number of amides is 1. The van der Waals surface area contributed by atoms with E-state index in [1.165, 1.54) is 0 Å². The number of nitrogens with zero attached hydrogens (tertiary/aromatic N) is 1. The van der Waals surface area contributed by atoms with Gasteiger partial charge in [-0.25, -0.2) is 4.98 Å². The van der Waals surface area contributed by atoms with Gasteiger partial charge in [0.15, 0.2) is 0 Å². The Balaban J connectivity index is 1.54. The molecule has 3 rings (SSSR count). The first-order valence-electron chi connectivity index (χ1n) is 8.05. The molecule has 122 valence electrons. The smallest absolute Gasteiger partial charge is 0.270 e. The summed E-state index contributed by atoms with van der Waals surface area (Å²) >= 11 is 0. The number of aromatic nitrogens is 2. The van der Waals surface area contributed by atoms with Crippen LogP contribution in [0.5, 0.6) is 0 Å². The second-order valence-corrected chi connectivity index (χ2v) is 5.89. The molecular formula is C17H21N3O3. The largest absolute Gasteiger partial charge is 0.381 e. The fourth-order valence-electron chi connectivity index (χ4n) is 2.77. The van der Waals surface area contributed by atoms with Crippen LogP contribution in [0.1, 0.15) is 25.0 Å². The van der Waals surface area contributed by atoms with E-state index in [4.69, 9.17) is 4.74 Å². The molecule has 0 aliphatic carbocycles. The highest BCUT2D eigenvalue weighted by molar-refractivity contribution is 5.76. The van der Waals surface area contributed by atoms with Gasteiger partial charge in [0, 0.05) is 32.6 Å². The van der Waals surface area contributed by atoms with Gasteiger partial charge in [-0.2, -0.15) is 0 Å². The van der Waals surface area contributed by atoms with Crippen LogP contribution in [0, 0.1) is 5.92 Å². The number of nitrogens with one attached hydrogen (secondary N) is 2. The van der Waals surface area contributed by atoms with Crippen LogP contribution >= 0.6 is 0 Å². The molecular weight excluding hydrogens is 294 g/mol. The summed E-state index contributed by atoms with van der Waals surface area (Å²) in [4.78, 5) is 31.1. The van der Waals surface area contributed by atoms with Gasteiger partial charge in [0.25, 0.3) is 5.56 Å². The van der Waals surface area contributed by atoms with E-state index < -0.39 is 0 Å². The average Bonchev–Trinajstić information content (AvgIpc) is 2.59. The fourth-order valence-corrected chi connectivity index (χ4v) is 2.77. The molecule has 0 atom stereocenters. The lowest BCUT2D eigenvalue weighted by Crippen LogP contribution is -2.32. The number of H-pyrrole nitrogens is 1. The number of carbonyl (C=O) groups is 1. The third-order valence-corrected chi connectivity index (χ3v) is 4.19. The minimum Gasteiger partial charge on any atom is -0.381 e. The summed E-state index contributed by atoms with van der Waals surface area (Å²) in [7, 11) is 0. The van der Waals surface area contributed by atoms with Gasteiger partial charge in [-0.05, 0) is 30.9 Å². The molecule has 1 amide bonds. The van der Waals surface area contributed by atoms with Crippen molar-refractivity contribution in [3.8, 4) is 0 Å². The van der Waals surface area contributed by atoms with E-state index in [2.05, 4.69) is 15.3 Å². The van der Waals surface area contributed by atoms with Gasteiger partial charge in [-0.1, -0.05) is 12.1 Å². The van der Waals surface area contributed by atoms with Crippen LogP contribution in [-0.4, -0.2) is 35.6 Å². The van der Waals surface area contributed by atoms with E-state index in [0.717, 1.165) is 31.6 Å². The quantitative estimate of drug-likeness (QED) is 0.873. The molecule has 6 nitrogen and oxygen atoms in total. The van der Waals surface area contributed by atoms with Crippen molar-refractivity contribution in [3.63, 3.8) is 0 Å². The lowest BCUT2D eigenvalue weighted by Gasteiger charge is -2.22. The number of para-hydroxylation sites is 2. The van der Waals surface area contributed by atoms with E-state index in [1.807, 2.05) is 24.3 Å². The van der Waals surface area contributed by atoms with Crippen molar-refractivity contribution in [2.75, 3.05) is 19.8 Å². The number of aryl methyl sites for hydroxylation is 1. The minimum atomic E-state index is -0.221. The van der Waals surface area contributed by atoms with Crippen molar-refractivity contribution in [1.29, 1.82) is 0 Å². The summed E-state index contributed by atoms with van der Waals surface area (Å²) in [6.45, 7) is 2.23. The zero-order valence-electron chi connectivity index (χ0n) is 13.0. The molecule has 0 unspecified atom stereocenters. The summed E-state index contributed by atoms with van der Waals surface area (Å²) in [6.07, 6.45) is 2.61. The number of fused-ring (bicyclic) bond motifs is 1. The standard InChI is InChI=1S/C17H21N3O3/c21-16(18-11-12-7-9-23-10-8-12)6-5-15-17(22)20-14-4-2-1-3-13(14)19-15/h1-4,12H,5-11H2,(H,18,21)(H,20,22). The third kappa shape index (κ3) is 4.16. The Morgan fingerprint density at radius 2 is 2.09 bits per heavy atom. The predicted molar refractivity (Wildman–Crippen MR) is 87.2 cm³/mol. The Morgan fingerprint density at radius 3 is 2.91 bits per heavy atom. The molecule has 23 heavy (non-hydrogen) atoms. The van der Waals surface area contributed by atoms with E-state index in [1.54, 1.807) is 0 Å². The monoisotopic (exact) mass is 315 g/mol. The van der Waals surface area contributed by atoms with Crippen molar-refractivity contribution in [1.82, 2.24) is 15.3 Å². The van der Waals surface area contributed by atoms with Crippen molar-refractivity contribution in [2.24, 2.45) is 5.92 Å². The van der Waals surface area contributed by atoms with E-state index in [-0.39, 0.29) is 17.9 Å². The van der Waals surface area contributed by atoms with Crippen LogP contribution in [0.3, 0.4) is 0 Å². The number of hydrogen-bond donors (Lipinski definition) is 2. The molecule has 1 aromatic heterocycles. The van der Waals surface area contributed by atoms with E-state index in [9.17, 15) is 9.59 Å². The second kappa shape index (κ2) is 7.37. The lowest BCUT2D eigenvalue weighted by atomic mass is 10.0. The Labute approximate surface area is 134 Å². The molecule has 0 spiro atoms. The SMILES string of the molecule is O=C(CCc1nc2ccccc2[nH]c1=O)NCC1CCOCC1. The molecule has 1 aliphatic heterocycles. The highest BCUT2D eigenvalue weighted by Crippen LogP contribution is 2.13. The molecule has 0 bridgehead atoms. The van der Waals surface area contributed by atoms with Crippen LogP contribution in [0.15, 0.2) is 29.1 Å². The normalized spacial score (nSPS) is 15.7. The Hall–Kier alpha value is -2.21. The molecule has 0 saturated carbocycles. The lowest BCUT2D eigenvalue weighted by molar-refractivity contribution is -0.121. The Morgan fingerprint density at radius 1 is 1.30 bits per heavy atom. The van der Waals surface area contributed by atoms with Gasteiger partial charge in [-0.3, -0.25) is 9.59 Å². The maximum Gasteiger partial charge on any atom is 0.270 e. The first kappa shape index (κ1) is 15.7. The maximum atomic E-state index is 12.0. The second-order valence-electron chi connectivity index (χ2n) is 5.89. The van der Waals surface area contributed by atoms with Crippen molar-refractivity contribution >= 4 is 16.9 Å². The average molecular weight is 315 g/mol. The fraction of sp³-hybridized carbons (Fsp3) is 0.471. The zero-order valence-corrected chi connectivity index (χ0v) is 13.0. The summed E-state index contributed by atoms with van der Waals surface area (Å²) < 4.78 is 5.30.